The van der Waals surface area contributed by atoms with Crippen LogP contribution in [0, 0.1) is 0 Å². The monoisotopic (exact) mass is 633 g/mol. The van der Waals surface area contributed by atoms with E-state index >= 15 is 0 Å². The van der Waals surface area contributed by atoms with E-state index in [2.05, 4.69) is 27.6 Å². The van der Waals surface area contributed by atoms with Crippen molar-refractivity contribution in [1.82, 2.24) is 14.5 Å². The lowest BCUT2D eigenvalue weighted by molar-refractivity contribution is 0.0997. The highest BCUT2D eigenvalue weighted by Crippen LogP contribution is 2.36. The highest BCUT2D eigenvalue weighted by Gasteiger charge is 2.32. The second kappa shape index (κ2) is 12.0. The number of nitrogens with two attached hydrogens (primary N) is 1. The third kappa shape index (κ3) is 5.99. The number of aromatic nitrogens is 2. The van der Waals surface area contributed by atoms with E-state index < -0.39 is 15.9 Å². The Bertz CT molecular complexity index is 1840. The van der Waals surface area contributed by atoms with Crippen molar-refractivity contribution in [2.45, 2.75) is 29.7 Å². The quantitative estimate of drug-likeness (QED) is 0.170. The Morgan fingerprint density at radius 1 is 0.884 bits per heavy atom. The summed E-state index contributed by atoms with van der Waals surface area (Å²) in [6, 6.07) is 28.0. The predicted molar refractivity (Wildman–Crippen MR) is 170 cm³/mol. The number of carbonyl (C=O) groups excluding carboxylic acids is 1. The van der Waals surface area contributed by atoms with Crippen molar-refractivity contribution in [3.8, 4) is 0 Å². The number of H-pyrrole nitrogens is 1. The van der Waals surface area contributed by atoms with Crippen LogP contribution < -0.4 is 11.1 Å². The van der Waals surface area contributed by atoms with Crippen LogP contribution in [0.4, 0.5) is 5.82 Å². The predicted octanol–water partition coefficient (Wildman–Crippen LogP) is 6.41. The summed E-state index contributed by atoms with van der Waals surface area (Å²) in [5.41, 5.74) is 9.59. The van der Waals surface area contributed by atoms with Gasteiger partial charge in [-0.15, -0.1) is 0 Å². The van der Waals surface area contributed by atoms with Crippen molar-refractivity contribution in [3.05, 3.63) is 123 Å². The van der Waals surface area contributed by atoms with Crippen LogP contribution in [0.15, 0.2) is 95.9 Å². The molecule has 1 saturated heterocycles. The maximum absolute atomic E-state index is 13.3. The van der Waals surface area contributed by atoms with E-state index in [-0.39, 0.29) is 22.4 Å². The minimum Gasteiger partial charge on any atom is -0.366 e. The minimum atomic E-state index is -3.86. The summed E-state index contributed by atoms with van der Waals surface area (Å²) >= 11 is 12.4. The van der Waals surface area contributed by atoms with E-state index in [0.717, 1.165) is 27.6 Å². The van der Waals surface area contributed by atoms with Gasteiger partial charge in [0.05, 0.1) is 16.0 Å². The van der Waals surface area contributed by atoms with Gasteiger partial charge in [-0.25, -0.2) is 8.42 Å². The van der Waals surface area contributed by atoms with Gasteiger partial charge in [0.15, 0.2) is 5.82 Å². The van der Waals surface area contributed by atoms with Crippen LogP contribution >= 0.6 is 23.2 Å². The molecule has 6 rings (SSSR count). The number of sulfonamides is 1. The van der Waals surface area contributed by atoms with Crippen molar-refractivity contribution in [2.75, 3.05) is 18.4 Å². The first-order chi connectivity index (χ1) is 20.7. The van der Waals surface area contributed by atoms with Crippen LogP contribution in [0.25, 0.3) is 10.9 Å². The van der Waals surface area contributed by atoms with Gasteiger partial charge in [0, 0.05) is 40.5 Å². The number of hydrogen-bond donors (Lipinski definition) is 3. The molecule has 0 radical (unpaired) electrons. The van der Waals surface area contributed by atoms with Crippen molar-refractivity contribution >= 4 is 55.9 Å². The van der Waals surface area contributed by atoms with Gasteiger partial charge in [0.1, 0.15) is 0 Å². The molecule has 1 aromatic heterocycles. The van der Waals surface area contributed by atoms with Crippen molar-refractivity contribution in [2.24, 2.45) is 5.73 Å². The molecule has 11 heteroatoms. The summed E-state index contributed by atoms with van der Waals surface area (Å²) in [4.78, 5) is 11.8. The van der Waals surface area contributed by atoms with Crippen LogP contribution in [-0.4, -0.2) is 48.0 Å². The van der Waals surface area contributed by atoms with E-state index in [9.17, 15) is 13.2 Å². The number of benzene rings is 4. The number of primary amides is 1. The summed E-state index contributed by atoms with van der Waals surface area (Å²) < 4.78 is 28.1. The molecule has 1 fully saturated rings. The van der Waals surface area contributed by atoms with Gasteiger partial charge >= 0.3 is 0 Å². The summed E-state index contributed by atoms with van der Waals surface area (Å²) in [7, 11) is -3.86. The number of hydrogen-bond acceptors (Lipinski definition) is 5. The Labute approximate surface area is 259 Å². The molecular weight excluding hydrogens is 605 g/mol. The summed E-state index contributed by atoms with van der Waals surface area (Å²) in [6.07, 6.45) is 1.15. The number of halogens is 2. The highest BCUT2D eigenvalue weighted by molar-refractivity contribution is 7.89. The number of piperidine rings is 1. The second-order valence-corrected chi connectivity index (χ2v) is 13.4. The summed E-state index contributed by atoms with van der Waals surface area (Å²) in [5, 5.41) is 13.5. The standard InChI is InChI=1S/C32H29Cl2N5O3S/c33-23-10-5-20(6-11-23)30(21-7-12-24(34)13-8-21)22-9-14-28-27(19-22)32(38-37-28)36-25-15-17-39(18-16-25)43(41,42)29-4-2-1-3-26(29)31(35)40/h1-14,19,25,30H,15-18H2,(H2,35,40)(H2,36,37,38). The lowest BCUT2D eigenvalue weighted by Gasteiger charge is -2.32. The van der Waals surface area contributed by atoms with Crippen LogP contribution in [-0.2, 0) is 10.0 Å². The number of carbonyl (C=O) groups is 1. The molecule has 2 heterocycles. The Balaban J connectivity index is 1.24. The Kier molecular flexibility index (Phi) is 8.15. The molecule has 0 atom stereocenters. The molecule has 1 aliphatic rings. The Morgan fingerprint density at radius 2 is 1.47 bits per heavy atom. The number of rotatable bonds is 8. The average Bonchev–Trinajstić information content (AvgIpc) is 3.41. The first-order valence-corrected chi connectivity index (χ1v) is 16.0. The third-order valence-electron chi connectivity index (χ3n) is 7.89. The topological polar surface area (TPSA) is 121 Å². The zero-order chi connectivity index (χ0) is 30.1. The molecule has 220 valence electrons. The first kappa shape index (κ1) is 29.2. The largest absolute Gasteiger partial charge is 0.366 e. The molecule has 8 nitrogen and oxygen atoms in total. The molecule has 1 amide bonds. The van der Waals surface area contributed by atoms with Crippen molar-refractivity contribution < 1.29 is 13.2 Å². The molecule has 0 spiro atoms. The van der Waals surface area contributed by atoms with Gasteiger partial charge < -0.3 is 11.1 Å². The molecule has 5 aromatic rings. The van der Waals surface area contributed by atoms with E-state index in [1.54, 1.807) is 12.1 Å². The lowest BCUT2D eigenvalue weighted by atomic mass is 9.85. The van der Waals surface area contributed by atoms with Crippen LogP contribution in [0.1, 0.15) is 45.8 Å². The van der Waals surface area contributed by atoms with Crippen LogP contribution in [0.5, 0.6) is 0 Å². The number of aromatic amines is 1. The minimum absolute atomic E-state index is 0.00273. The average molecular weight is 635 g/mol. The molecule has 4 N–H and O–H groups in total. The zero-order valence-electron chi connectivity index (χ0n) is 23.0. The van der Waals surface area contributed by atoms with E-state index in [0.29, 0.717) is 41.8 Å². The summed E-state index contributed by atoms with van der Waals surface area (Å²) in [5.74, 6) is -0.114. The number of fused-ring (bicyclic) bond motifs is 1. The molecule has 43 heavy (non-hydrogen) atoms. The molecule has 0 bridgehead atoms. The SMILES string of the molecule is NC(=O)c1ccccc1S(=O)(=O)N1CCC(Nc2n[nH]c3ccc(C(c4ccc(Cl)cc4)c4ccc(Cl)cc4)cc23)CC1. The normalized spacial score (nSPS) is 14.8. The maximum Gasteiger partial charge on any atom is 0.250 e. The lowest BCUT2D eigenvalue weighted by Crippen LogP contribution is -2.42. The third-order valence-corrected chi connectivity index (χ3v) is 10.4. The van der Waals surface area contributed by atoms with Gasteiger partial charge in [-0.2, -0.15) is 9.40 Å². The number of nitrogens with zero attached hydrogens (tertiary/aromatic N) is 2. The second-order valence-electron chi connectivity index (χ2n) is 10.6. The van der Waals surface area contributed by atoms with E-state index in [1.807, 2.05) is 54.6 Å². The molecule has 0 aliphatic carbocycles. The van der Waals surface area contributed by atoms with Crippen LogP contribution in [0.2, 0.25) is 10.0 Å². The fourth-order valence-corrected chi connectivity index (χ4v) is 7.60. The van der Waals surface area contributed by atoms with Gasteiger partial charge in [0.25, 0.3) is 0 Å². The molecular formula is C32H29Cl2N5O3S. The zero-order valence-corrected chi connectivity index (χ0v) is 25.3. The van der Waals surface area contributed by atoms with Gasteiger partial charge in [-0.1, -0.05) is 65.7 Å². The summed E-state index contributed by atoms with van der Waals surface area (Å²) in [6.45, 7) is 0.603. The van der Waals surface area contributed by atoms with E-state index in [1.165, 1.54) is 16.4 Å². The first-order valence-electron chi connectivity index (χ1n) is 13.8. The molecule has 4 aromatic carbocycles. The fourth-order valence-electron chi connectivity index (χ4n) is 5.68. The molecule has 1 aliphatic heterocycles. The highest BCUT2D eigenvalue weighted by atomic mass is 35.5. The number of nitrogens with one attached hydrogen (secondary N) is 2. The molecule has 0 unspecified atom stereocenters. The van der Waals surface area contributed by atoms with Gasteiger partial charge in [-0.05, 0) is 78.1 Å². The smallest absolute Gasteiger partial charge is 0.250 e. The maximum atomic E-state index is 13.3. The van der Waals surface area contributed by atoms with Gasteiger partial charge in [0.2, 0.25) is 15.9 Å². The number of anilines is 1. The Hall–Kier alpha value is -3.89. The van der Waals surface area contributed by atoms with Crippen molar-refractivity contribution in [3.63, 3.8) is 0 Å². The Morgan fingerprint density at radius 3 is 2.07 bits per heavy atom. The van der Waals surface area contributed by atoms with Crippen LogP contribution in [0.3, 0.4) is 0 Å². The van der Waals surface area contributed by atoms with Gasteiger partial charge in [-0.3, -0.25) is 9.89 Å². The number of amides is 1. The fraction of sp³-hybridized carbons (Fsp3) is 0.188. The van der Waals surface area contributed by atoms with E-state index in [4.69, 9.17) is 28.9 Å². The van der Waals surface area contributed by atoms with Crippen molar-refractivity contribution in [1.29, 1.82) is 0 Å². The molecule has 0 saturated carbocycles.